The summed E-state index contributed by atoms with van der Waals surface area (Å²) in [5, 5.41) is 1.21. The van der Waals surface area contributed by atoms with E-state index in [1.54, 1.807) is 13.8 Å². The van der Waals surface area contributed by atoms with Crippen LogP contribution in [-0.4, -0.2) is 23.1 Å². The SMILES string of the molecule is C/C=C(F)\C=C(/C)F.CC.CC(C)N(N)/C(=C\C(C)C(F)(F)F)c1ccc(C(N)=O)cc1N. The average molecular weight is 479 g/mol. The summed E-state index contributed by atoms with van der Waals surface area (Å²) < 4.78 is 62.2. The molecule has 1 aromatic rings. The van der Waals surface area contributed by atoms with Crippen LogP contribution in [0.4, 0.5) is 27.6 Å². The number of anilines is 1. The molecule has 0 aliphatic carbocycles. The number of carbonyl (C=O) groups excluding carboxylic acids is 1. The van der Waals surface area contributed by atoms with Crippen molar-refractivity contribution in [2.24, 2.45) is 17.5 Å². The minimum absolute atomic E-state index is 0.123. The molecule has 0 aliphatic rings. The lowest BCUT2D eigenvalue weighted by Gasteiger charge is -2.28. The van der Waals surface area contributed by atoms with Gasteiger partial charge in [0.1, 0.15) is 5.83 Å². The normalized spacial score (nSPS) is 13.5. The van der Waals surface area contributed by atoms with Crippen LogP contribution in [0.25, 0.3) is 5.70 Å². The Morgan fingerprint density at radius 3 is 1.94 bits per heavy atom. The quantitative estimate of drug-likeness (QED) is 0.148. The molecule has 1 aromatic carbocycles. The van der Waals surface area contributed by atoms with Gasteiger partial charge >= 0.3 is 6.18 Å². The Labute approximate surface area is 192 Å². The van der Waals surface area contributed by atoms with Crippen LogP contribution in [0.2, 0.25) is 0 Å². The predicted octanol–water partition coefficient (Wildman–Crippen LogP) is 6.25. The van der Waals surface area contributed by atoms with E-state index in [0.717, 1.165) is 19.1 Å². The standard InChI is InChI=1S/C15H21F3N4O.C6H8F2.C2H6/c1-8(2)22(21)13(6-9(3)15(16,17)18)11-5-4-10(14(20)23)7-12(11)19;1-3-6(8)4-5(2)7;1-2/h4-9H,19,21H2,1-3H3,(H2,20,23);3-4H,1-2H3;1-2H3/b13-6-;5-4+,6-3+;. The zero-order chi connectivity index (χ0) is 26.5. The highest BCUT2D eigenvalue weighted by Crippen LogP contribution is 2.32. The lowest BCUT2D eigenvalue weighted by atomic mass is 10.0. The van der Waals surface area contributed by atoms with Gasteiger partial charge in [0.15, 0.2) is 0 Å². The third-order valence-corrected chi connectivity index (χ3v) is 3.98. The second kappa shape index (κ2) is 15.0. The molecule has 0 spiro atoms. The lowest BCUT2D eigenvalue weighted by molar-refractivity contribution is -0.156. The zero-order valence-corrected chi connectivity index (χ0v) is 20.1. The maximum atomic E-state index is 12.9. The first-order valence-electron chi connectivity index (χ1n) is 10.3. The van der Waals surface area contributed by atoms with Gasteiger partial charge < -0.3 is 16.5 Å². The van der Waals surface area contributed by atoms with Gasteiger partial charge in [-0.3, -0.25) is 4.79 Å². The second-order valence-corrected chi connectivity index (χ2v) is 6.95. The maximum absolute atomic E-state index is 12.9. The molecule has 5 nitrogen and oxygen atoms in total. The Morgan fingerprint density at radius 1 is 1.12 bits per heavy atom. The Balaban J connectivity index is 0. The molecule has 6 N–H and O–H groups in total. The van der Waals surface area contributed by atoms with E-state index in [4.69, 9.17) is 17.3 Å². The molecular weight excluding hydrogens is 443 g/mol. The molecule has 188 valence electrons. The molecule has 1 atom stereocenters. The minimum Gasteiger partial charge on any atom is -0.398 e. The summed E-state index contributed by atoms with van der Waals surface area (Å²) in [7, 11) is 0. The van der Waals surface area contributed by atoms with Gasteiger partial charge in [0.2, 0.25) is 5.91 Å². The van der Waals surface area contributed by atoms with Crippen LogP contribution in [0.1, 0.15) is 64.4 Å². The van der Waals surface area contributed by atoms with Crippen molar-refractivity contribution in [2.75, 3.05) is 5.73 Å². The number of hydrazine groups is 1. The molecule has 1 rings (SSSR count). The summed E-state index contributed by atoms with van der Waals surface area (Å²) in [6.45, 7) is 11.2. The first-order chi connectivity index (χ1) is 15.1. The van der Waals surface area contributed by atoms with Crippen molar-refractivity contribution in [1.82, 2.24) is 5.01 Å². The Hall–Kier alpha value is -2.88. The Morgan fingerprint density at radius 2 is 1.64 bits per heavy atom. The van der Waals surface area contributed by atoms with Crippen molar-refractivity contribution in [3.8, 4) is 0 Å². The largest absolute Gasteiger partial charge is 0.398 e. The van der Waals surface area contributed by atoms with Gasteiger partial charge in [-0.05, 0) is 52.0 Å². The van der Waals surface area contributed by atoms with Crippen molar-refractivity contribution >= 4 is 17.3 Å². The number of allylic oxidation sites excluding steroid dienone is 5. The van der Waals surface area contributed by atoms with Crippen LogP contribution in [0, 0.1) is 5.92 Å². The van der Waals surface area contributed by atoms with E-state index < -0.39 is 29.7 Å². The second-order valence-electron chi connectivity index (χ2n) is 6.95. The van der Waals surface area contributed by atoms with Crippen molar-refractivity contribution in [1.29, 1.82) is 0 Å². The number of hydrogen-bond donors (Lipinski definition) is 3. The summed E-state index contributed by atoms with van der Waals surface area (Å²) in [5.74, 6) is 2.47. The number of amides is 1. The van der Waals surface area contributed by atoms with Gasteiger partial charge in [-0.1, -0.05) is 26.8 Å². The van der Waals surface area contributed by atoms with Crippen molar-refractivity contribution < 1.29 is 26.7 Å². The molecule has 0 radical (unpaired) electrons. The number of rotatable bonds is 6. The third kappa shape index (κ3) is 12.1. The van der Waals surface area contributed by atoms with E-state index in [-0.39, 0.29) is 23.0 Å². The number of nitrogens with zero attached hydrogens (tertiary/aromatic N) is 1. The molecule has 0 bridgehead atoms. The summed E-state index contributed by atoms with van der Waals surface area (Å²) in [4.78, 5) is 11.2. The third-order valence-electron chi connectivity index (χ3n) is 3.98. The van der Waals surface area contributed by atoms with Crippen LogP contribution < -0.4 is 17.3 Å². The molecule has 0 aromatic heterocycles. The van der Waals surface area contributed by atoms with Gasteiger partial charge in [-0.15, -0.1) is 0 Å². The highest BCUT2D eigenvalue weighted by Gasteiger charge is 2.35. The lowest BCUT2D eigenvalue weighted by Crippen LogP contribution is -2.36. The molecule has 0 saturated heterocycles. The fourth-order valence-electron chi connectivity index (χ4n) is 2.15. The number of halogens is 5. The molecule has 0 aliphatic heterocycles. The molecular formula is C23H35F5N4O. The van der Waals surface area contributed by atoms with E-state index >= 15 is 0 Å². The van der Waals surface area contributed by atoms with Crippen LogP contribution in [-0.2, 0) is 0 Å². The molecule has 1 unspecified atom stereocenters. The number of benzene rings is 1. The highest BCUT2D eigenvalue weighted by atomic mass is 19.4. The van der Waals surface area contributed by atoms with Gasteiger partial charge in [0.25, 0.3) is 0 Å². The van der Waals surface area contributed by atoms with E-state index in [9.17, 15) is 26.7 Å². The summed E-state index contributed by atoms with van der Waals surface area (Å²) in [6, 6.07) is 3.90. The fraction of sp³-hybridized carbons (Fsp3) is 0.435. The molecule has 33 heavy (non-hydrogen) atoms. The van der Waals surface area contributed by atoms with Gasteiger partial charge in [-0.25, -0.2) is 14.6 Å². The summed E-state index contributed by atoms with van der Waals surface area (Å²) in [5.41, 5.74) is 11.8. The summed E-state index contributed by atoms with van der Waals surface area (Å²) >= 11 is 0. The zero-order valence-electron chi connectivity index (χ0n) is 20.1. The van der Waals surface area contributed by atoms with Crippen LogP contribution in [0.3, 0.4) is 0 Å². The molecule has 0 fully saturated rings. The van der Waals surface area contributed by atoms with E-state index in [2.05, 4.69) is 0 Å². The number of carbonyl (C=O) groups is 1. The minimum atomic E-state index is -4.40. The molecule has 0 heterocycles. The molecule has 10 heteroatoms. The van der Waals surface area contributed by atoms with Crippen LogP contribution >= 0.6 is 0 Å². The smallest absolute Gasteiger partial charge is 0.394 e. The molecule has 1 amide bonds. The first-order valence-corrected chi connectivity index (χ1v) is 10.3. The van der Waals surface area contributed by atoms with Crippen LogP contribution in [0.5, 0.6) is 0 Å². The predicted molar refractivity (Wildman–Crippen MR) is 125 cm³/mol. The maximum Gasteiger partial charge on any atom is 0.394 e. The van der Waals surface area contributed by atoms with E-state index in [0.29, 0.717) is 5.56 Å². The van der Waals surface area contributed by atoms with Crippen LogP contribution in [0.15, 0.2) is 48.1 Å². The van der Waals surface area contributed by atoms with Gasteiger partial charge in [-0.2, -0.15) is 13.2 Å². The highest BCUT2D eigenvalue weighted by molar-refractivity contribution is 5.94. The number of nitrogen functional groups attached to an aromatic ring is 1. The molecule has 0 saturated carbocycles. The van der Waals surface area contributed by atoms with Crippen molar-refractivity contribution in [2.45, 2.75) is 60.7 Å². The Kier molecular flexibility index (Phi) is 14.7. The van der Waals surface area contributed by atoms with Gasteiger partial charge in [0, 0.05) is 28.9 Å². The average Bonchev–Trinajstić information content (AvgIpc) is 2.72. The van der Waals surface area contributed by atoms with E-state index in [1.807, 2.05) is 13.8 Å². The number of nitrogens with two attached hydrogens (primary N) is 3. The van der Waals surface area contributed by atoms with Crippen molar-refractivity contribution in [3.05, 3.63) is 59.2 Å². The monoisotopic (exact) mass is 478 g/mol. The first kappa shape index (κ1) is 32.3. The number of primary amides is 1. The Bertz CT molecular complexity index is 842. The van der Waals surface area contributed by atoms with Crippen molar-refractivity contribution in [3.63, 3.8) is 0 Å². The summed E-state index contributed by atoms with van der Waals surface area (Å²) in [6.07, 6.45) is -1.36. The number of hydrogen-bond acceptors (Lipinski definition) is 4. The van der Waals surface area contributed by atoms with E-state index in [1.165, 1.54) is 43.1 Å². The van der Waals surface area contributed by atoms with Gasteiger partial charge in [0.05, 0.1) is 17.4 Å². The number of alkyl halides is 3. The fourth-order valence-corrected chi connectivity index (χ4v) is 2.15. The topological polar surface area (TPSA) is 98.4 Å².